The standard InChI is InChI=1S/C13H21N3O3/c1-9(2)12(13(17)18-3)10-8-11(15-19-10)16-6-4-14-5-7-16/h8-9,12,14H,4-7H2,1-3H3. The van der Waals surface area contributed by atoms with Crippen molar-refractivity contribution in [3.63, 3.8) is 0 Å². The second kappa shape index (κ2) is 6.06. The monoisotopic (exact) mass is 267 g/mol. The van der Waals surface area contributed by atoms with E-state index in [0.717, 1.165) is 32.0 Å². The number of piperazine rings is 1. The molecule has 1 unspecified atom stereocenters. The highest BCUT2D eigenvalue weighted by Gasteiger charge is 2.30. The van der Waals surface area contributed by atoms with E-state index in [1.165, 1.54) is 7.11 Å². The molecule has 6 heteroatoms. The maximum absolute atomic E-state index is 11.8. The lowest BCUT2D eigenvalue weighted by Gasteiger charge is -2.26. The summed E-state index contributed by atoms with van der Waals surface area (Å²) in [5, 5.41) is 7.36. The number of rotatable bonds is 4. The van der Waals surface area contributed by atoms with Crippen LogP contribution < -0.4 is 10.2 Å². The Hall–Kier alpha value is -1.56. The van der Waals surface area contributed by atoms with Crippen molar-refractivity contribution in [2.45, 2.75) is 19.8 Å². The van der Waals surface area contributed by atoms with Crippen molar-refractivity contribution in [2.24, 2.45) is 5.92 Å². The summed E-state index contributed by atoms with van der Waals surface area (Å²) in [5.41, 5.74) is 0. The maximum atomic E-state index is 11.8. The Bertz CT molecular complexity index is 425. The molecule has 0 amide bonds. The fourth-order valence-corrected chi connectivity index (χ4v) is 2.31. The third-order valence-electron chi connectivity index (χ3n) is 3.39. The van der Waals surface area contributed by atoms with Crippen molar-refractivity contribution >= 4 is 11.8 Å². The second-order valence-corrected chi connectivity index (χ2v) is 5.07. The molecule has 1 aromatic heterocycles. The second-order valence-electron chi connectivity index (χ2n) is 5.07. The zero-order valence-electron chi connectivity index (χ0n) is 11.7. The SMILES string of the molecule is COC(=O)C(c1cc(N2CCNCC2)no1)C(C)C. The molecule has 106 valence electrons. The average molecular weight is 267 g/mol. The summed E-state index contributed by atoms with van der Waals surface area (Å²) in [4.78, 5) is 14.0. The Labute approximate surface area is 113 Å². The predicted octanol–water partition coefficient (Wildman–Crippen LogP) is 0.997. The van der Waals surface area contributed by atoms with E-state index in [1.807, 2.05) is 19.9 Å². The number of carbonyl (C=O) groups is 1. The molecule has 0 spiro atoms. The number of nitrogens with one attached hydrogen (secondary N) is 1. The van der Waals surface area contributed by atoms with Crippen LogP contribution in [0, 0.1) is 5.92 Å². The number of esters is 1. The average Bonchev–Trinajstić information content (AvgIpc) is 2.88. The van der Waals surface area contributed by atoms with Crippen LogP contribution in [-0.2, 0) is 9.53 Å². The number of methoxy groups -OCH3 is 1. The third-order valence-corrected chi connectivity index (χ3v) is 3.39. The van der Waals surface area contributed by atoms with Gasteiger partial charge >= 0.3 is 5.97 Å². The van der Waals surface area contributed by atoms with E-state index in [1.54, 1.807) is 0 Å². The molecule has 0 aromatic carbocycles. The van der Waals surface area contributed by atoms with Crippen LogP contribution in [0.5, 0.6) is 0 Å². The maximum Gasteiger partial charge on any atom is 0.316 e. The first-order valence-electron chi connectivity index (χ1n) is 6.63. The van der Waals surface area contributed by atoms with Crippen molar-refractivity contribution in [3.05, 3.63) is 11.8 Å². The molecular weight excluding hydrogens is 246 g/mol. The summed E-state index contributed by atoms with van der Waals surface area (Å²) < 4.78 is 10.2. The van der Waals surface area contributed by atoms with Gasteiger partial charge in [0.1, 0.15) is 5.92 Å². The molecule has 1 atom stereocenters. The lowest BCUT2D eigenvalue weighted by atomic mass is 9.93. The van der Waals surface area contributed by atoms with E-state index in [2.05, 4.69) is 15.4 Å². The number of aromatic nitrogens is 1. The van der Waals surface area contributed by atoms with Gasteiger partial charge < -0.3 is 19.5 Å². The fraction of sp³-hybridized carbons (Fsp3) is 0.692. The minimum atomic E-state index is -0.394. The van der Waals surface area contributed by atoms with Crippen LogP contribution in [-0.4, -0.2) is 44.4 Å². The van der Waals surface area contributed by atoms with E-state index >= 15 is 0 Å². The summed E-state index contributed by atoms with van der Waals surface area (Å²) in [6.07, 6.45) is 0. The van der Waals surface area contributed by atoms with Crippen LogP contribution in [0.2, 0.25) is 0 Å². The van der Waals surface area contributed by atoms with Crippen LogP contribution >= 0.6 is 0 Å². The van der Waals surface area contributed by atoms with E-state index < -0.39 is 5.92 Å². The first-order chi connectivity index (χ1) is 9.13. The van der Waals surface area contributed by atoms with Gasteiger partial charge in [-0.2, -0.15) is 0 Å². The number of hydrogen-bond acceptors (Lipinski definition) is 6. The zero-order chi connectivity index (χ0) is 13.8. The molecule has 0 aliphatic carbocycles. The Morgan fingerprint density at radius 1 is 1.47 bits per heavy atom. The molecule has 2 heterocycles. The molecule has 0 saturated carbocycles. The van der Waals surface area contributed by atoms with Crippen LogP contribution in [0.3, 0.4) is 0 Å². The van der Waals surface area contributed by atoms with E-state index in [0.29, 0.717) is 5.76 Å². The topological polar surface area (TPSA) is 67.6 Å². The summed E-state index contributed by atoms with van der Waals surface area (Å²) >= 11 is 0. The lowest BCUT2D eigenvalue weighted by Crippen LogP contribution is -2.43. The number of carbonyl (C=O) groups excluding carboxylic acids is 1. The van der Waals surface area contributed by atoms with Crippen LogP contribution in [0.4, 0.5) is 5.82 Å². The highest BCUT2D eigenvalue weighted by Crippen LogP contribution is 2.28. The first-order valence-corrected chi connectivity index (χ1v) is 6.63. The van der Waals surface area contributed by atoms with Gasteiger partial charge in [-0.05, 0) is 5.92 Å². The Morgan fingerprint density at radius 3 is 2.74 bits per heavy atom. The Morgan fingerprint density at radius 2 is 2.16 bits per heavy atom. The van der Waals surface area contributed by atoms with Crippen molar-refractivity contribution in [3.8, 4) is 0 Å². The van der Waals surface area contributed by atoms with Gasteiger partial charge in [-0.1, -0.05) is 19.0 Å². The summed E-state index contributed by atoms with van der Waals surface area (Å²) in [7, 11) is 1.39. The Kier molecular flexibility index (Phi) is 4.42. The van der Waals surface area contributed by atoms with E-state index in [9.17, 15) is 4.79 Å². The largest absolute Gasteiger partial charge is 0.468 e. The molecule has 1 saturated heterocycles. The fourth-order valence-electron chi connectivity index (χ4n) is 2.31. The van der Waals surface area contributed by atoms with Gasteiger partial charge in [0.15, 0.2) is 11.6 Å². The smallest absolute Gasteiger partial charge is 0.316 e. The molecule has 19 heavy (non-hydrogen) atoms. The van der Waals surface area contributed by atoms with Gasteiger partial charge in [-0.25, -0.2) is 0 Å². The zero-order valence-corrected chi connectivity index (χ0v) is 11.7. The van der Waals surface area contributed by atoms with Gasteiger partial charge in [0, 0.05) is 32.2 Å². The van der Waals surface area contributed by atoms with Gasteiger partial charge in [0.2, 0.25) is 0 Å². The van der Waals surface area contributed by atoms with E-state index in [4.69, 9.17) is 9.26 Å². The van der Waals surface area contributed by atoms with Crippen molar-refractivity contribution in [2.75, 3.05) is 38.2 Å². The molecule has 1 aromatic rings. The molecule has 0 bridgehead atoms. The van der Waals surface area contributed by atoms with Crippen LogP contribution in [0.1, 0.15) is 25.5 Å². The molecule has 1 aliphatic heterocycles. The van der Waals surface area contributed by atoms with Gasteiger partial charge in [-0.3, -0.25) is 4.79 Å². The van der Waals surface area contributed by atoms with E-state index in [-0.39, 0.29) is 11.9 Å². The molecular formula is C13H21N3O3. The van der Waals surface area contributed by atoms with Crippen molar-refractivity contribution in [1.29, 1.82) is 0 Å². The van der Waals surface area contributed by atoms with Gasteiger partial charge in [0.05, 0.1) is 7.11 Å². The van der Waals surface area contributed by atoms with Crippen molar-refractivity contribution < 1.29 is 14.1 Å². The molecule has 0 radical (unpaired) electrons. The first kappa shape index (κ1) is 13.9. The minimum absolute atomic E-state index is 0.108. The van der Waals surface area contributed by atoms with Gasteiger partial charge in [0.25, 0.3) is 0 Å². The molecule has 1 aliphatic rings. The highest BCUT2D eigenvalue weighted by molar-refractivity contribution is 5.77. The molecule has 1 fully saturated rings. The highest BCUT2D eigenvalue weighted by atomic mass is 16.5. The van der Waals surface area contributed by atoms with Crippen LogP contribution in [0.15, 0.2) is 10.6 Å². The minimum Gasteiger partial charge on any atom is -0.468 e. The number of hydrogen-bond donors (Lipinski definition) is 1. The van der Waals surface area contributed by atoms with Crippen molar-refractivity contribution in [1.82, 2.24) is 10.5 Å². The summed E-state index contributed by atoms with van der Waals surface area (Å²) in [6.45, 7) is 7.61. The third kappa shape index (κ3) is 3.07. The number of nitrogens with zero attached hydrogens (tertiary/aromatic N) is 2. The molecule has 1 N–H and O–H groups in total. The number of ether oxygens (including phenoxy) is 1. The normalized spacial score (nSPS) is 17.6. The quantitative estimate of drug-likeness (QED) is 0.821. The molecule has 6 nitrogen and oxygen atoms in total. The lowest BCUT2D eigenvalue weighted by molar-refractivity contribution is -0.144. The molecule has 2 rings (SSSR count). The van der Waals surface area contributed by atoms with Crippen LogP contribution in [0.25, 0.3) is 0 Å². The van der Waals surface area contributed by atoms with Gasteiger partial charge in [-0.15, -0.1) is 0 Å². The summed E-state index contributed by atoms with van der Waals surface area (Å²) in [6, 6.07) is 1.85. The Balaban J connectivity index is 2.15. The number of anilines is 1. The predicted molar refractivity (Wildman–Crippen MR) is 71.2 cm³/mol. The summed E-state index contributed by atoms with van der Waals surface area (Å²) in [5.74, 6) is 0.810.